The fourth-order valence-corrected chi connectivity index (χ4v) is 3.69. The minimum absolute atomic E-state index is 0.110. The van der Waals surface area contributed by atoms with Gasteiger partial charge in [-0.1, -0.05) is 6.07 Å². The molecule has 2 atom stereocenters. The maximum absolute atomic E-state index is 13.2. The van der Waals surface area contributed by atoms with Gasteiger partial charge in [0.15, 0.2) is 0 Å². The van der Waals surface area contributed by atoms with E-state index in [1.165, 1.54) is 18.2 Å². The molecular formula is C18H20F3N5O. The zero-order chi connectivity index (χ0) is 19.0. The van der Waals surface area contributed by atoms with Crippen LogP contribution < -0.4 is 16.0 Å². The molecule has 0 saturated carbocycles. The number of fused-ring (bicyclic) bond motifs is 5. The Hall–Kier alpha value is -2.39. The van der Waals surface area contributed by atoms with Gasteiger partial charge in [-0.25, -0.2) is 4.98 Å². The van der Waals surface area contributed by atoms with Gasteiger partial charge < -0.3 is 20.7 Å². The molecule has 144 valence electrons. The minimum atomic E-state index is -4.54. The van der Waals surface area contributed by atoms with Crippen molar-refractivity contribution in [2.45, 2.75) is 31.1 Å². The molecule has 4 rings (SSSR count). The minimum Gasteiger partial charge on any atom is -0.383 e. The summed E-state index contributed by atoms with van der Waals surface area (Å²) in [4.78, 5) is 7.86. The van der Waals surface area contributed by atoms with Crippen molar-refractivity contribution in [1.29, 1.82) is 0 Å². The summed E-state index contributed by atoms with van der Waals surface area (Å²) >= 11 is 0. The fraction of sp³-hybridized carbons (Fsp3) is 0.444. The van der Waals surface area contributed by atoms with Gasteiger partial charge in [0.1, 0.15) is 11.4 Å². The van der Waals surface area contributed by atoms with E-state index < -0.39 is 11.7 Å². The molecule has 0 unspecified atom stereocenters. The zero-order valence-electron chi connectivity index (χ0n) is 14.7. The van der Waals surface area contributed by atoms with Crippen LogP contribution in [0.4, 0.5) is 30.6 Å². The van der Waals surface area contributed by atoms with Crippen molar-refractivity contribution in [3.8, 4) is 0 Å². The van der Waals surface area contributed by atoms with E-state index in [1.54, 1.807) is 0 Å². The number of hydrogen-bond donors (Lipinski definition) is 3. The van der Waals surface area contributed by atoms with Crippen LogP contribution in [0.15, 0.2) is 24.4 Å². The summed E-state index contributed by atoms with van der Waals surface area (Å²) in [6, 6.07) is 6.74. The van der Waals surface area contributed by atoms with E-state index in [9.17, 15) is 13.2 Å². The van der Waals surface area contributed by atoms with Crippen LogP contribution in [0, 0.1) is 0 Å². The van der Waals surface area contributed by atoms with Crippen LogP contribution in [0.25, 0.3) is 0 Å². The van der Waals surface area contributed by atoms with E-state index in [1.807, 2.05) is 12.1 Å². The lowest BCUT2D eigenvalue weighted by molar-refractivity contribution is -0.137. The molecule has 3 N–H and O–H groups in total. The van der Waals surface area contributed by atoms with Crippen molar-refractivity contribution in [2.24, 2.45) is 0 Å². The normalized spacial score (nSPS) is 20.6. The molecule has 1 saturated heterocycles. The van der Waals surface area contributed by atoms with E-state index >= 15 is 0 Å². The number of aromatic nitrogens is 2. The van der Waals surface area contributed by atoms with Gasteiger partial charge in [0, 0.05) is 37.6 Å². The molecule has 2 aliphatic rings. The molecule has 0 aliphatic carbocycles. The van der Waals surface area contributed by atoms with Crippen LogP contribution in [0.1, 0.15) is 41.6 Å². The third-order valence-electron chi connectivity index (χ3n) is 4.93. The van der Waals surface area contributed by atoms with Crippen LogP contribution in [0.2, 0.25) is 0 Å². The number of ether oxygens (including phenoxy) is 1. The zero-order valence-corrected chi connectivity index (χ0v) is 14.7. The first kappa shape index (κ1) is 18.0. The number of nitrogens with zero attached hydrogens (tertiary/aromatic N) is 2. The molecule has 0 radical (unpaired) electrons. The summed E-state index contributed by atoms with van der Waals surface area (Å²) in [7, 11) is 1.48. The molecule has 3 heterocycles. The SMILES string of the molecule is COCCNc1nc(Nc2ccc3c(c2)[C@H]2CC[C@@H]3N2)ncc1C(F)(F)F. The van der Waals surface area contributed by atoms with Crippen LogP contribution in [0.3, 0.4) is 0 Å². The molecule has 27 heavy (non-hydrogen) atoms. The highest BCUT2D eigenvalue weighted by Gasteiger charge is 2.37. The van der Waals surface area contributed by atoms with E-state index in [0.717, 1.165) is 24.7 Å². The standard InChI is InChI=1S/C18H20F3N5O/c1-27-7-6-22-16-13(18(19,20)21)9-23-17(26-16)24-10-2-3-11-12(8-10)15-5-4-14(11)25-15/h2-3,8-9,14-15,25H,4-7H2,1H3,(H2,22,23,24,26)/t14-,15+/m0/s1. The maximum atomic E-state index is 13.2. The smallest absolute Gasteiger partial charge is 0.383 e. The monoisotopic (exact) mass is 379 g/mol. The van der Waals surface area contributed by atoms with Gasteiger partial charge in [-0.3, -0.25) is 0 Å². The van der Waals surface area contributed by atoms with Crippen molar-refractivity contribution in [1.82, 2.24) is 15.3 Å². The molecule has 1 aromatic heterocycles. The number of anilines is 3. The number of nitrogens with one attached hydrogen (secondary N) is 3. The molecule has 2 aliphatic heterocycles. The fourth-order valence-electron chi connectivity index (χ4n) is 3.69. The molecule has 1 fully saturated rings. The Labute approximate surface area is 154 Å². The largest absolute Gasteiger partial charge is 0.421 e. The van der Waals surface area contributed by atoms with Crippen molar-refractivity contribution in [2.75, 3.05) is 30.9 Å². The van der Waals surface area contributed by atoms with Crippen LogP contribution in [0.5, 0.6) is 0 Å². The highest BCUT2D eigenvalue weighted by molar-refractivity contribution is 5.60. The van der Waals surface area contributed by atoms with Crippen molar-refractivity contribution >= 4 is 17.5 Å². The molecule has 1 aromatic carbocycles. The lowest BCUT2D eigenvalue weighted by Gasteiger charge is -2.16. The lowest BCUT2D eigenvalue weighted by atomic mass is 9.91. The highest BCUT2D eigenvalue weighted by atomic mass is 19.4. The molecule has 9 heteroatoms. The Bertz CT molecular complexity index is 842. The third-order valence-corrected chi connectivity index (χ3v) is 4.93. The van der Waals surface area contributed by atoms with Crippen LogP contribution in [-0.4, -0.2) is 30.2 Å². The van der Waals surface area contributed by atoms with Gasteiger partial charge in [0.25, 0.3) is 0 Å². The molecule has 0 amide bonds. The second-order valence-corrected chi connectivity index (χ2v) is 6.69. The van der Waals surface area contributed by atoms with Gasteiger partial charge in [0.2, 0.25) is 5.95 Å². The molecule has 2 aromatic rings. The number of halogens is 3. The van der Waals surface area contributed by atoms with Crippen molar-refractivity contribution in [3.63, 3.8) is 0 Å². The Morgan fingerprint density at radius 3 is 2.74 bits per heavy atom. The van der Waals surface area contributed by atoms with Gasteiger partial charge in [-0.05, 0) is 36.1 Å². The van der Waals surface area contributed by atoms with E-state index in [4.69, 9.17) is 4.74 Å². The van der Waals surface area contributed by atoms with E-state index in [-0.39, 0.29) is 24.9 Å². The summed E-state index contributed by atoms with van der Waals surface area (Å²) in [6.07, 6.45) is -1.50. The maximum Gasteiger partial charge on any atom is 0.421 e. The van der Waals surface area contributed by atoms with Crippen LogP contribution in [-0.2, 0) is 10.9 Å². The van der Waals surface area contributed by atoms with E-state index in [0.29, 0.717) is 12.1 Å². The summed E-state index contributed by atoms with van der Waals surface area (Å²) < 4.78 is 44.4. The first-order valence-corrected chi connectivity index (χ1v) is 8.79. The van der Waals surface area contributed by atoms with Crippen molar-refractivity contribution < 1.29 is 17.9 Å². The second kappa shape index (κ2) is 6.97. The molecular weight excluding hydrogens is 359 g/mol. The molecule has 2 bridgehead atoms. The van der Waals surface area contributed by atoms with E-state index in [2.05, 4.69) is 32.0 Å². The number of methoxy groups -OCH3 is 1. The van der Waals surface area contributed by atoms with Gasteiger partial charge in [0.05, 0.1) is 6.61 Å². The second-order valence-electron chi connectivity index (χ2n) is 6.69. The van der Waals surface area contributed by atoms with Crippen molar-refractivity contribution in [3.05, 3.63) is 41.1 Å². The summed E-state index contributed by atoms with van der Waals surface area (Å²) in [5.41, 5.74) is 2.39. The van der Waals surface area contributed by atoms with Gasteiger partial charge in [-0.2, -0.15) is 18.2 Å². The Kier molecular flexibility index (Phi) is 4.65. The molecule has 0 spiro atoms. The number of rotatable bonds is 6. The first-order valence-electron chi connectivity index (χ1n) is 8.79. The average Bonchev–Trinajstić information content (AvgIpc) is 3.23. The quantitative estimate of drug-likeness (QED) is 0.664. The Morgan fingerprint density at radius 2 is 2.00 bits per heavy atom. The Morgan fingerprint density at radius 1 is 1.22 bits per heavy atom. The Balaban J connectivity index is 1.57. The number of benzene rings is 1. The summed E-state index contributed by atoms with van der Waals surface area (Å²) in [5.74, 6) is -0.155. The summed E-state index contributed by atoms with van der Waals surface area (Å²) in [5, 5.41) is 9.22. The third kappa shape index (κ3) is 3.57. The number of hydrogen-bond acceptors (Lipinski definition) is 6. The summed E-state index contributed by atoms with van der Waals surface area (Å²) in [6.45, 7) is 0.480. The first-order chi connectivity index (χ1) is 13.0. The highest BCUT2D eigenvalue weighted by Crippen LogP contribution is 2.45. The van der Waals surface area contributed by atoms with Crippen LogP contribution >= 0.6 is 0 Å². The topological polar surface area (TPSA) is 71.1 Å². The average molecular weight is 379 g/mol. The van der Waals surface area contributed by atoms with Gasteiger partial charge >= 0.3 is 6.18 Å². The predicted molar refractivity (Wildman–Crippen MR) is 95.0 cm³/mol. The van der Waals surface area contributed by atoms with Gasteiger partial charge in [-0.15, -0.1) is 0 Å². The molecule has 6 nitrogen and oxygen atoms in total. The lowest BCUT2D eigenvalue weighted by Crippen LogP contribution is -2.16. The predicted octanol–water partition coefficient (Wildman–Crippen LogP) is 3.78. The number of alkyl halides is 3.